The maximum absolute atomic E-state index is 12.1. The third-order valence-corrected chi connectivity index (χ3v) is 4.20. The zero-order valence-electron chi connectivity index (χ0n) is 13.9. The van der Waals surface area contributed by atoms with Crippen LogP contribution in [0.1, 0.15) is 49.4 Å². The highest BCUT2D eigenvalue weighted by molar-refractivity contribution is 5.94. The van der Waals surface area contributed by atoms with Crippen LogP contribution in [-0.2, 0) is 0 Å². The van der Waals surface area contributed by atoms with Gasteiger partial charge in [0.2, 0.25) is 0 Å². The summed E-state index contributed by atoms with van der Waals surface area (Å²) in [6.45, 7) is 2.24. The molecule has 4 heteroatoms. The summed E-state index contributed by atoms with van der Waals surface area (Å²) in [4.78, 5) is 14.1. The van der Waals surface area contributed by atoms with Gasteiger partial charge in [0.1, 0.15) is 0 Å². The van der Waals surface area contributed by atoms with E-state index in [1.54, 1.807) is 0 Å². The molecule has 4 nitrogen and oxygen atoms in total. The second kappa shape index (κ2) is 7.87. The number of carbonyl (C=O) groups is 1. The van der Waals surface area contributed by atoms with Gasteiger partial charge in [0.05, 0.1) is 0 Å². The van der Waals surface area contributed by atoms with Gasteiger partial charge in [-0.3, -0.25) is 10.2 Å². The van der Waals surface area contributed by atoms with E-state index in [4.69, 9.17) is 0 Å². The van der Waals surface area contributed by atoms with Crippen LogP contribution < -0.4 is 15.8 Å². The smallest absolute Gasteiger partial charge is 0.269 e. The Morgan fingerprint density at radius 1 is 1.27 bits per heavy atom. The summed E-state index contributed by atoms with van der Waals surface area (Å²) in [6.07, 6.45) is 8.11. The SMILES string of the molecule is CCCC1CC=C(NNC(=O)c2ccc(N(C)C)cc2)CC1. The van der Waals surface area contributed by atoms with E-state index in [9.17, 15) is 4.79 Å². The summed E-state index contributed by atoms with van der Waals surface area (Å²) in [5.74, 6) is 0.715. The topological polar surface area (TPSA) is 44.4 Å². The van der Waals surface area contributed by atoms with E-state index < -0.39 is 0 Å². The van der Waals surface area contributed by atoms with Gasteiger partial charge in [-0.25, -0.2) is 0 Å². The van der Waals surface area contributed by atoms with E-state index in [1.807, 2.05) is 43.3 Å². The number of nitrogens with one attached hydrogen (secondary N) is 2. The van der Waals surface area contributed by atoms with Crippen molar-refractivity contribution in [2.75, 3.05) is 19.0 Å². The van der Waals surface area contributed by atoms with Crippen molar-refractivity contribution in [2.24, 2.45) is 5.92 Å². The van der Waals surface area contributed by atoms with Crippen molar-refractivity contribution in [2.45, 2.75) is 39.0 Å². The lowest BCUT2D eigenvalue weighted by Gasteiger charge is -2.22. The highest BCUT2D eigenvalue weighted by Gasteiger charge is 2.14. The number of carbonyl (C=O) groups excluding carboxylic acids is 1. The Bertz CT molecular complexity index is 520. The number of rotatable bonds is 6. The minimum absolute atomic E-state index is 0.0955. The number of hydrogen-bond acceptors (Lipinski definition) is 3. The number of anilines is 1. The molecule has 1 aromatic rings. The standard InChI is InChI=1S/C18H27N3O/c1-4-5-14-6-10-16(11-7-14)19-20-18(22)15-8-12-17(13-9-15)21(2)3/h8-10,12-14,19H,4-7,11H2,1-3H3,(H,20,22). The van der Waals surface area contributed by atoms with E-state index >= 15 is 0 Å². The lowest BCUT2D eigenvalue weighted by Crippen LogP contribution is -2.37. The van der Waals surface area contributed by atoms with Gasteiger partial charge in [-0.15, -0.1) is 0 Å². The first kappa shape index (κ1) is 16.4. The van der Waals surface area contributed by atoms with Crippen LogP contribution in [0.15, 0.2) is 36.0 Å². The number of benzene rings is 1. The van der Waals surface area contributed by atoms with Gasteiger partial charge < -0.3 is 10.3 Å². The zero-order chi connectivity index (χ0) is 15.9. The Balaban J connectivity index is 1.83. The maximum atomic E-state index is 12.1. The van der Waals surface area contributed by atoms with Crippen LogP contribution in [0.3, 0.4) is 0 Å². The minimum atomic E-state index is -0.0955. The molecule has 1 amide bonds. The quantitative estimate of drug-likeness (QED) is 0.791. The Labute approximate surface area is 133 Å². The van der Waals surface area contributed by atoms with Gasteiger partial charge in [-0.2, -0.15) is 0 Å². The van der Waals surface area contributed by atoms with E-state index in [1.165, 1.54) is 19.3 Å². The molecule has 0 saturated carbocycles. The number of hydrazine groups is 1. The number of amides is 1. The summed E-state index contributed by atoms with van der Waals surface area (Å²) >= 11 is 0. The molecule has 1 aliphatic rings. The first-order valence-electron chi connectivity index (χ1n) is 8.13. The highest BCUT2D eigenvalue weighted by atomic mass is 16.2. The van der Waals surface area contributed by atoms with Gasteiger partial charge in [0, 0.05) is 31.0 Å². The molecule has 0 aliphatic heterocycles. The van der Waals surface area contributed by atoms with Gasteiger partial charge in [0.25, 0.3) is 5.91 Å². The van der Waals surface area contributed by atoms with Crippen LogP contribution >= 0.6 is 0 Å². The highest BCUT2D eigenvalue weighted by Crippen LogP contribution is 2.25. The average Bonchev–Trinajstić information content (AvgIpc) is 2.54. The molecule has 2 N–H and O–H groups in total. The predicted molar refractivity (Wildman–Crippen MR) is 91.7 cm³/mol. The van der Waals surface area contributed by atoms with Crippen molar-refractivity contribution in [1.82, 2.24) is 10.9 Å². The van der Waals surface area contributed by atoms with Gasteiger partial charge >= 0.3 is 0 Å². The molecule has 120 valence electrons. The van der Waals surface area contributed by atoms with Gasteiger partial charge in [0.15, 0.2) is 0 Å². The van der Waals surface area contributed by atoms with E-state index in [-0.39, 0.29) is 5.91 Å². The molecular formula is C18H27N3O. The fraction of sp³-hybridized carbons (Fsp3) is 0.500. The van der Waals surface area contributed by atoms with E-state index in [2.05, 4.69) is 23.9 Å². The summed E-state index contributed by atoms with van der Waals surface area (Å²) in [6, 6.07) is 7.59. The maximum Gasteiger partial charge on any atom is 0.269 e. The second-order valence-corrected chi connectivity index (χ2v) is 6.18. The fourth-order valence-electron chi connectivity index (χ4n) is 2.79. The van der Waals surface area contributed by atoms with Crippen LogP contribution in [0.5, 0.6) is 0 Å². The monoisotopic (exact) mass is 301 g/mol. The molecular weight excluding hydrogens is 274 g/mol. The summed E-state index contributed by atoms with van der Waals surface area (Å²) < 4.78 is 0. The fourth-order valence-corrected chi connectivity index (χ4v) is 2.79. The van der Waals surface area contributed by atoms with E-state index in [0.29, 0.717) is 5.56 Å². The largest absolute Gasteiger partial charge is 0.378 e. The van der Waals surface area contributed by atoms with Crippen molar-refractivity contribution in [3.05, 3.63) is 41.6 Å². The molecule has 0 heterocycles. The summed E-state index contributed by atoms with van der Waals surface area (Å²) in [7, 11) is 3.97. The first-order chi connectivity index (χ1) is 10.6. The molecule has 1 aromatic carbocycles. The lowest BCUT2D eigenvalue weighted by molar-refractivity contribution is 0.0937. The molecule has 0 bridgehead atoms. The summed E-state index contributed by atoms with van der Waals surface area (Å²) in [5, 5.41) is 0. The number of hydrogen-bond donors (Lipinski definition) is 2. The molecule has 22 heavy (non-hydrogen) atoms. The Morgan fingerprint density at radius 3 is 2.55 bits per heavy atom. The Hall–Kier alpha value is -1.97. The number of allylic oxidation sites excluding steroid dienone is 2. The second-order valence-electron chi connectivity index (χ2n) is 6.18. The van der Waals surface area contributed by atoms with Crippen molar-refractivity contribution in [3.63, 3.8) is 0 Å². The molecule has 0 aromatic heterocycles. The van der Waals surface area contributed by atoms with Gasteiger partial charge in [-0.05, 0) is 49.4 Å². The molecule has 1 unspecified atom stereocenters. The third kappa shape index (κ3) is 4.52. The van der Waals surface area contributed by atoms with Crippen molar-refractivity contribution < 1.29 is 4.79 Å². The van der Waals surface area contributed by atoms with E-state index in [0.717, 1.165) is 30.1 Å². The molecule has 1 atom stereocenters. The predicted octanol–water partition coefficient (Wildman–Crippen LogP) is 3.47. The lowest BCUT2D eigenvalue weighted by atomic mass is 9.89. The normalized spacial score (nSPS) is 17.6. The van der Waals surface area contributed by atoms with Crippen LogP contribution in [0.4, 0.5) is 5.69 Å². The third-order valence-electron chi connectivity index (χ3n) is 4.20. The molecule has 0 spiro atoms. The van der Waals surface area contributed by atoms with Crippen molar-refractivity contribution in [1.29, 1.82) is 0 Å². The minimum Gasteiger partial charge on any atom is -0.378 e. The Morgan fingerprint density at radius 2 is 2.00 bits per heavy atom. The molecule has 0 saturated heterocycles. The van der Waals surface area contributed by atoms with Crippen molar-refractivity contribution in [3.8, 4) is 0 Å². The van der Waals surface area contributed by atoms with Crippen molar-refractivity contribution >= 4 is 11.6 Å². The molecule has 1 aliphatic carbocycles. The van der Waals surface area contributed by atoms with Crippen LogP contribution in [0.25, 0.3) is 0 Å². The first-order valence-corrected chi connectivity index (χ1v) is 8.13. The van der Waals surface area contributed by atoms with Gasteiger partial charge in [-0.1, -0.05) is 25.8 Å². The van der Waals surface area contributed by atoms with Crippen LogP contribution in [0.2, 0.25) is 0 Å². The summed E-state index contributed by atoms with van der Waals surface area (Å²) in [5.41, 5.74) is 8.74. The molecule has 0 radical (unpaired) electrons. The average molecular weight is 301 g/mol. The molecule has 2 rings (SSSR count). The zero-order valence-corrected chi connectivity index (χ0v) is 13.9. The van der Waals surface area contributed by atoms with Crippen LogP contribution in [-0.4, -0.2) is 20.0 Å². The Kier molecular flexibility index (Phi) is 5.87. The van der Waals surface area contributed by atoms with Crippen LogP contribution in [0, 0.1) is 5.92 Å². The molecule has 0 fully saturated rings. The number of nitrogens with zero attached hydrogens (tertiary/aromatic N) is 1.